The Morgan fingerprint density at radius 2 is 1.94 bits per heavy atom. The Morgan fingerprint density at radius 1 is 1.17 bits per heavy atom. The van der Waals surface area contributed by atoms with E-state index in [0.717, 1.165) is 38.4 Å². The first kappa shape index (κ1) is 14.3. The molecule has 0 amide bonds. The maximum Gasteiger partial charge on any atom is 0.159 e. The number of hydrogen-bond acceptors (Lipinski definition) is 4. The molecule has 2 rings (SSSR count). The predicted octanol–water partition coefficient (Wildman–Crippen LogP) is 1.67. The van der Waals surface area contributed by atoms with E-state index in [4.69, 9.17) is 14.6 Å². The van der Waals surface area contributed by atoms with Crippen LogP contribution in [0.3, 0.4) is 0 Å². The van der Waals surface area contributed by atoms with Crippen LogP contribution in [0.15, 0.2) is 0 Å². The van der Waals surface area contributed by atoms with Gasteiger partial charge in [0.05, 0.1) is 13.2 Å². The normalized spacial score (nSPS) is 34.0. The van der Waals surface area contributed by atoms with Gasteiger partial charge in [0, 0.05) is 25.1 Å². The van der Waals surface area contributed by atoms with Crippen LogP contribution in [0.5, 0.6) is 0 Å². The first-order valence-electron chi connectivity index (χ1n) is 7.39. The minimum atomic E-state index is 0.00833. The van der Waals surface area contributed by atoms with Crippen LogP contribution < -0.4 is 5.32 Å². The second-order valence-corrected chi connectivity index (χ2v) is 5.65. The molecule has 106 valence electrons. The summed E-state index contributed by atoms with van der Waals surface area (Å²) in [5.41, 5.74) is 0. The number of ether oxygens (including phenoxy) is 2. The Bertz CT molecular complexity index is 231. The lowest BCUT2D eigenvalue weighted by Gasteiger charge is -2.36. The summed E-state index contributed by atoms with van der Waals surface area (Å²) in [7, 11) is 0. The van der Waals surface area contributed by atoms with Gasteiger partial charge in [-0.3, -0.25) is 0 Å². The lowest BCUT2D eigenvalue weighted by molar-refractivity contribution is -0.0564. The molecule has 0 aliphatic carbocycles. The number of aliphatic hydroxyl groups is 1. The minimum Gasteiger partial charge on any atom is -0.396 e. The summed E-state index contributed by atoms with van der Waals surface area (Å²) in [6, 6.07) is 1.13. The topological polar surface area (TPSA) is 50.7 Å². The Hall–Kier alpha value is -0.160. The Labute approximate surface area is 110 Å². The van der Waals surface area contributed by atoms with E-state index in [1.54, 1.807) is 0 Å². The van der Waals surface area contributed by atoms with Crippen molar-refractivity contribution in [1.82, 2.24) is 5.32 Å². The molecular formula is C14H27NO3. The fraction of sp³-hybridized carbons (Fsp3) is 1.00. The van der Waals surface area contributed by atoms with Crippen LogP contribution in [-0.2, 0) is 9.47 Å². The molecule has 2 aliphatic rings. The van der Waals surface area contributed by atoms with Crippen LogP contribution in [0.1, 0.15) is 45.4 Å². The molecule has 2 N–H and O–H groups in total. The van der Waals surface area contributed by atoms with E-state index in [0.29, 0.717) is 18.7 Å². The van der Waals surface area contributed by atoms with Crippen molar-refractivity contribution in [3.05, 3.63) is 0 Å². The summed E-state index contributed by atoms with van der Waals surface area (Å²) in [4.78, 5) is 0. The zero-order valence-corrected chi connectivity index (χ0v) is 11.4. The fourth-order valence-electron chi connectivity index (χ4n) is 3.02. The SMILES string of the molecule is C[C@@H]1CC[C@@H](CC2OCCO2)N[C@H]1CCCCO. The molecule has 0 aromatic carbocycles. The Kier molecular flexibility index (Phi) is 5.89. The molecule has 2 heterocycles. The summed E-state index contributed by atoms with van der Waals surface area (Å²) < 4.78 is 11.0. The van der Waals surface area contributed by atoms with Crippen molar-refractivity contribution >= 4 is 0 Å². The van der Waals surface area contributed by atoms with Gasteiger partial charge in [-0.05, 0) is 38.0 Å². The molecule has 0 bridgehead atoms. The van der Waals surface area contributed by atoms with E-state index in [1.807, 2.05) is 0 Å². The number of piperidine rings is 1. The zero-order valence-electron chi connectivity index (χ0n) is 11.4. The van der Waals surface area contributed by atoms with Crippen LogP contribution in [-0.4, -0.2) is 43.3 Å². The molecule has 4 nitrogen and oxygen atoms in total. The number of rotatable bonds is 6. The Morgan fingerprint density at radius 3 is 2.67 bits per heavy atom. The summed E-state index contributed by atoms with van der Waals surface area (Å²) in [5.74, 6) is 0.741. The molecule has 0 aromatic heterocycles. The van der Waals surface area contributed by atoms with Gasteiger partial charge < -0.3 is 19.9 Å². The van der Waals surface area contributed by atoms with Gasteiger partial charge in [-0.15, -0.1) is 0 Å². The van der Waals surface area contributed by atoms with Crippen LogP contribution in [0, 0.1) is 5.92 Å². The van der Waals surface area contributed by atoms with Crippen LogP contribution in [0.2, 0.25) is 0 Å². The first-order chi connectivity index (χ1) is 8.79. The lowest BCUT2D eigenvalue weighted by atomic mass is 9.85. The minimum absolute atomic E-state index is 0.00833. The van der Waals surface area contributed by atoms with Crippen molar-refractivity contribution in [3.63, 3.8) is 0 Å². The van der Waals surface area contributed by atoms with Gasteiger partial charge in [-0.1, -0.05) is 6.92 Å². The van der Waals surface area contributed by atoms with Crippen molar-refractivity contribution < 1.29 is 14.6 Å². The molecule has 18 heavy (non-hydrogen) atoms. The second kappa shape index (κ2) is 7.43. The molecule has 2 fully saturated rings. The number of unbranched alkanes of at least 4 members (excludes halogenated alkanes) is 1. The van der Waals surface area contributed by atoms with Gasteiger partial charge >= 0.3 is 0 Å². The second-order valence-electron chi connectivity index (χ2n) is 5.65. The van der Waals surface area contributed by atoms with Gasteiger partial charge in [0.25, 0.3) is 0 Å². The maximum atomic E-state index is 8.85. The molecule has 0 aromatic rings. The van der Waals surface area contributed by atoms with E-state index < -0.39 is 0 Å². The molecule has 2 aliphatic heterocycles. The molecule has 3 atom stereocenters. The van der Waals surface area contributed by atoms with E-state index >= 15 is 0 Å². The van der Waals surface area contributed by atoms with Gasteiger partial charge in [-0.25, -0.2) is 0 Å². The largest absolute Gasteiger partial charge is 0.396 e. The van der Waals surface area contributed by atoms with Crippen LogP contribution in [0.4, 0.5) is 0 Å². The Balaban J connectivity index is 1.72. The van der Waals surface area contributed by atoms with Crippen LogP contribution >= 0.6 is 0 Å². The molecule has 0 radical (unpaired) electrons. The number of aliphatic hydroxyl groups excluding tert-OH is 1. The van der Waals surface area contributed by atoms with Crippen molar-refractivity contribution in [3.8, 4) is 0 Å². The highest BCUT2D eigenvalue weighted by Gasteiger charge is 2.29. The highest BCUT2D eigenvalue weighted by atomic mass is 16.7. The van der Waals surface area contributed by atoms with E-state index in [2.05, 4.69) is 12.2 Å². The first-order valence-corrected chi connectivity index (χ1v) is 7.39. The highest BCUT2D eigenvalue weighted by Crippen LogP contribution is 2.26. The van der Waals surface area contributed by atoms with Gasteiger partial charge in [-0.2, -0.15) is 0 Å². The van der Waals surface area contributed by atoms with Crippen molar-refractivity contribution in [2.45, 2.75) is 63.8 Å². The zero-order chi connectivity index (χ0) is 12.8. The lowest BCUT2D eigenvalue weighted by Crippen LogP contribution is -2.48. The average molecular weight is 257 g/mol. The predicted molar refractivity (Wildman–Crippen MR) is 70.4 cm³/mol. The quantitative estimate of drug-likeness (QED) is 0.711. The van der Waals surface area contributed by atoms with Crippen LogP contribution in [0.25, 0.3) is 0 Å². The summed E-state index contributed by atoms with van der Waals surface area (Å²) >= 11 is 0. The smallest absolute Gasteiger partial charge is 0.159 e. The third kappa shape index (κ3) is 4.19. The van der Waals surface area contributed by atoms with Crippen molar-refractivity contribution in [2.24, 2.45) is 5.92 Å². The molecular weight excluding hydrogens is 230 g/mol. The van der Waals surface area contributed by atoms with Gasteiger partial charge in [0.15, 0.2) is 6.29 Å². The standard InChI is InChI=1S/C14H27NO3/c1-11-5-6-12(10-14-17-8-9-18-14)15-13(11)4-2-3-7-16/h11-16H,2-10H2,1H3/t11-,12+,13+/m1/s1. The summed E-state index contributed by atoms with van der Waals surface area (Å²) in [5, 5.41) is 12.6. The van der Waals surface area contributed by atoms with E-state index in [9.17, 15) is 0 Å². The maximum absolute atomic E-state index is 8.85. The third-order valence-electron chi connectivity index (χ3n) is 4.20. The highest BCUT2D eigenvalue weighted by molar-refractivity contribution is 4.85. The van der Waals surface area contributed by atoms with E-state index in [-0.39, 0.29) is 6.29 Å². The van der Waals surface area contributed by atoms with Crippen molar-refractivity contribution in [1.29, 1.82) is 0 Å². The number of nitrogens with one attached hydrogen (secondary N) is 1. The van der Waals surface area contributed by atoms with Crippen molar-refractivity contribution in [2.75, 3.05) is 19.8 Å². The average Bonchev–Trinajstić information content (AvgIpc) is 2.86. The molecule has 4 heteroatoms. The van der Waals surface area contributed by atoms with Gasteiger partial charge in [0.1, 0.15) is 0 Å². The molecule has 0 spiro atoms. The fourth-order valence-corrected chi connectivity index (χ4v) is 3.02. The molecule has 0 unspecified atom stereocenters. The summed E-state index contributed by atoms with van der Waals surface area (Å²) in [6.45, 7) is 4.13. The molecule has 2 saturated heterocycles. The summed E-state index contributed by atoms with van der Waals surface area (Å²) in [6.07, 6.45) is 6.70. The monoisotopic (exact) mass is 257 g/mol. The van der Waals surface area contributed by atoms with E-state index in [1.165, 1.54) is 19.3 Å². The third-order valence-corrected chi connectivity index (χ3v) is 4.20. The number of hydrogen-bond donors (Lipinski definition) is 2. The van der Waals surface area contributed by atoms with Gasteiger partial charge in [0.2, 0.25) is 0 Å². The molecule has 0 saturated carbocycles.